The first-order valence-corrected chi connectivity index (χ1v) is 6.45. The molecule has 0 aliphatic rings. The second kappa shape index (κ2) is 6.59. The fraction of sp³-hybridized carbons (Fsp3) is 0.200. The van der Waals surface area contributed by atoms with Crippen LogP contribution in [0.3, 0.4) is 0 Å². The lowest BCUT2D eigenvalue weighted by molar-refractivity contribution is 0.146. The van der Waals surface area contributed by atoms with Crippen molar-refractivity contribution in [2.75, 3.05) is 26.1 Å². The van der Waals surface area contributed by atoms with Gasteiger partial charge in [-0.25, -0.2) is 4.39 Å². The highest BCUT2D eigenvalue weighted by molar-refractivity contribution is 6.33. The van der Waals surface area contributed by atoms with Gasteiger partial charge >= 0.3 is 0 Å². The Bertz CT molecular complexity index is 604. The van der Waals surface area contributed by atoms with E-state index in [1.165, 1.54) is 18.2 Å². The number of nitrogens with two attached hydrogens (primary N) is 1. The van der Waals surface area contributed by atoms with Crippen molar-refractivity contribution in [3.05, 3.63) is 47.2 Å². The molecule has 0 heterocycles. The van der Waals surface area contributed by atoms with Crippen LogP contribution in [0.25, 0.3) is 11.1 Å². The molecule has 0 saturated carbocycles. The Morgan fingerprint density at radius 1 is 1.15 bits per heavy atom. The zero-order valence-corrected chi connectivity index (χ0v) is 11.8. The van der Waals surface area contributed by atoms with E-state index in [2.05, 4.69) is 0 Å². The first-order chi connectivity index (χ1) is 9.60. The van der Waals surface area contributed by atoms with E-state index < -0.39 is 0 Å². The van der Waals surface area contributed by atoms with Crippen LogP contribution < -0.4 is 10.5 Å². The summed E-state index contributed by atoms with van der Waals surface area (Å²) in [7, 11) is 1.60. The Kier molecular flexibility index (Phi) is 4.82. The maximum Gasteiger partial charge on any atom is 0.123 e. The molecule has 5 heteroatoms. The number of nitrogen functional groups attached to an aromatic ring is 1. The van der Waals surface area contributed by atoms with Gasteiger partial charge in [-0.2, -0.15) is 0 Å². The first kappa shape index (κ1) is 14.6. The Hall–Kier alpha value is -1.78. The molecule has 0 unspecified atom stereocenters. The fourth-order valence-corrected chi connectivity index (χ4v) is 2.05. The van der Waals surface area contributed by atoms with Crippen LogP contribution in [0, 0.1) is 5.82 Å². The van der Waals surface area contributed by atoms with E-state index in [9.17, 15) is 4.39 Å². The molecule has 2 aromatic rings. The van der Waals surface area contributed by atoms with E-state index in [4.69, 9.17) is 26.8 Å². The normalized spacial score (nSPS) is 10.6. The molecular weight excluding hydrogens is 281 g/mol. The highest BCUT2D eigenvalue weighted by atomic mass is 35.5. The molecule has 0 fully saturated rings. The number of anilines is 1. The summed E-state index contributed by atoms with van der Waals surface area (Å²) in [6.45, 7) is 0.890. The molecule has 0 amide bonds. The lowest BCUT2D eigenvalue weighted by Gasteiger charge is -2.10. The number of methoxy groups -OCH3 is 1. The quantitative estimate of drug-likeness (QED) is 0.675. The van der Waals surface area contributed by atoms with Crippen molar-refractivity contribution in [1.82, 2.24) is 0 Å². The van der Waals surface area contributed by atoms with Gasteiger partial charge in [0.25, 0.3) is 0 Å². The van der Waals surface area contributed by atoms with Crippen molar-refractivity contribution in [3.8, 4) is 16.9 Å². The van der Waals surface area contributed by atoms with Crippen LogP contribution in [0.1, 0.15) is 0 Å². The largest absolute Gasteiger partial charge is 0.491 e. The van der Waals surface area contributed by atoms with Gasteiger partial charge in [-0.3, -0.25) is 0 Å². The first-order valence-electron chi connectivity index (χ1n) is 6.08. The molecular formula is C15H15ClFNO2. The van der Waals surface area contributed by atoms with Gasteiger partial charge in [0, 0.05) is 29.4 Å². The molecule has 2 N–H and O–H groups in total. The van der Waals surface area contributed by atoms with Crippen LogP contribution in [0.5, 0.6) is 5.75 Å². The zero-order chi connectivity index (χ0) is 14.5. The zero-order valence-electron chi connectivity index (χ0n) is 11.0. The molecule has 2 aromatic carbocycles. The van der Waals surface area contributed by atoms with E-state index in [0.29, 0.717) is 40.8 Å². The Morgan fingerprint density at radius 3 is 2.70 bits per heavy atom. The van der Waals surface area contributed by atoms with Crippen molar-refractivity contribution in [1.29, 1.82) is 0 Å². The maximum atomic E-state index is 13.3. The van der Waals surface area contributed by atoms with E-state index >= 15 is 0 Å². The van der Waals surface area contributed by atoms with E-state index in [1.807, 2.05) is 0 Å². The molecule has 0 saturated heterocycles. The molecule has 0 aromatic heterocycles. The van der Waals surface area contributed by atoms with Crippen molar-refractivity contribution >= 4 is 17.3 Å². The maximum absolute atomic E-state index is 13.3. The highest BCUT2D eigenvalue weighted by Gasteiger charge is 2.08. The average Bonchev–Trinajstić information content (AvgIpc) is 2.41. The summed E-state index contributed by atoms with van der Waals surface area (Å²) in [6, 6.07) is 9.40. The second-order valence-electron chi connectivity index (χ2n) is 4.26. The SMILES string of the molecule is COCCOc1cc(N)cc(-c2cc(F)ccc2Cl)c1. The number of hydrogen-bond acceptors (Lipinski definition) is 3. The van der Waals surface area contributed by atoms with Crippen molar-refractivity contribution in [2.45, 2.75) is 0 Å². The Morgan fingerprint density at radius 2 is 1.95 bits per heavy atom. The van der Waals surface area contributed by atoms with Gasteiger partial charge in [0.15, 0.2) is 0 Å². The molecule has 0 atom stereocenters. The summed E-state index contributed by atoms with van der Waals surface area (Å²) in [5, 5.41) is 0.458. The van der Waals surface area contributed by atoms with Crippen LogP contribution in [0.15, 0.2) is 36.4 Å². The van der Waals surface area contributed by atoms with Gasteiger partial charge in [0.1, 0.15) is 18.2 Å². The van der Waals surface area contributed by atoms with Gasteiger partial charge in [-0.15, -0.1) is 0 Å². The summed E-state index contributed by atoms with van der Waals surface area (Å²) in [6.07, 6.45) is 0. The summed E-state index contributed by atoms with van der Waals surface area (Å²) in [5.74, 6) is 0.242. The van der Waals surface area contributed by atoms with E-state index in [-0.39, 0.29) is 5.82 Å². The average molecular weight is 296 g/mol. The molecule has 2 rings (SSSR count). The van der Waals surface area contributed by atoms with Crippen molar-refractivity contribution < 1.29 is 13.9 Å². The summed E-state index contributed by atoms with van der Waals surface area (Å²) < 4.78 is 23.8. The number of halogens is 2. The summed E-state index contributed by atoms with van der Waals surface area (Å²) >= 11 is 6.09. The highest BCUT2D eigenvalue weighted by Crippen LogP contribution is 2.32. The van der Waals surface area contributed by atoms with Gasteiger partial charge < -0.3 is 15.2 Å². The van der Waals surface area contributed by atoms with Gasteiger partial charge in [0.2, 0.25) is 0 Å². The third-order valence-corrected chi connectivity index (χ3v) is 3.05. The smallest absolute Gasteiger partial charge is 0.123 e. The predicted octanol–water partition coefficient (Wildman–Crippen LogP) is 3.75. The van der Waals surface area contributed by atoms with E-state index in [0.717, 1.165) is 0 Å². The molecule has 3 nitrogen and oxygen atoms in total. The minimum Gasteiger partial charge on any atom is -0.491 e. The molecule has 0 bridgehead atoms. The Labute approximate surface area is 122 Å². The lowest BCUT2D eigenvalue weighted by atomic mass is 10.0. The van der Waals surface area contributed by atoms with Crippen LogP contribution in [0.2, 0.25) is 5.02 Å². The third kappa shape index (κ3) is 3.62. The second-order valence-corrected chi connectivity index (χ2v) is 4.66. The minimum absolute atomic E-state index is 0.353. The number of benzene rings is 2. The third-order valence-electron chi connectivity index (χ3n) is 2.72. The molecule has 0 aliphatic carbocycles. The lowest BCUT2D eigenvalue weighted by Crippen LogP contribution is -2.04. The topological polar surface area (TPSA) is 44.5 Å². The molecule has 0 aliphatic heterocycles. The van der Waals surface area contributed by atoms with Gasteiger partial charge in [-0.1, -0.05) is 11.6 Å². The fourth-order valence-electron chi connectivity index (χ4n) is 1.82. The van der Waals surface area contributed by atoms with Crippen LogP contribution in [-0.2, 0) is 4.74 Å². The van der Waals surface area contributed by atoms with Crippen LogP contribution in [0.4, 0.5) is 10.1 Å². The van der Waals surface area contributed by atoms with Gasteiger partial charge in [-0.05, 0) is 35.9 Å². The monoisotopic (exact) mass is 295 g/mol. The van der Waals surface area contributed by atoms with E-state index in [1.54, 1.807) is 25.3 Å². The molecule has 106 valence electrons. The standard InChI is InChI=1S/C15H15ClFNO2/c1-19-4-5-20-13-7-10(6-12(18)9-13)14-8-11(17)2-3-15(14)16/h2-3,6-9H,4-5,18H2,1H3. The Balaban J connectivity index is 2.34. The minimum atomic E-state index is -0.353. The summed E-state index contributed by atoms with van der Waals surface area (Å²) in [4.78, 5) is 0. The number of ether oxygens (including phenoxy) is 2. The molecule has 0 spiro atoms. The van der Waals surface area contributed by atoms with Crippen LogP contribution >= 0.6 is 11.6 Å². The number of rotatable bonds is 5. The predicted molar refractivity (Wildman–Crippen MR) is 78.6 cm³/mol. The van der Waals surface area contributed by atoms with Crippen LogP contribution in [-0.4, -0.2) is 20.3 Å². The van der Waals surface area contributed by atoms with Gasteiger partial charge in [0.05, 0.1) is 6.61 Å². The van der Waals surface area contributed by atoms with Crippen molar-refractivity contribution in [2.24, 2.45) is 0 Å². The summed E-state index contributed by atoms with van der Waals surface area (Å²) in [5.41, 5.74) is 7.65. The van der Waals surface area contributed by atoms with Crippen molar-refractivity contribution in [3.63, 3.8) is 0 Å². The number of hydrogen-bond donors (Lipinski definition) is 1. The molecule has 0 radical (unpaired) electrons. The molecule has 20 heavy (non-hydrogen) atoms.